The van der Waals surface area contributed by atoms with Crippen LogP contribution in [0.5, 0.6) is 0 Å². The third-order valence-corrected chi connectivity index (χ3v) is 7.00. The zero-order chi connectivity index (χ0) is 24.1. The van der Waals surface area contributed by atoms with E-state index in [1.54, 1.807) is 26.2 Å². The van der Waals surface area contributed by atoms with Crippen molar-refractivity contribution in [1.82, 2.24) is 24.8 Å². The number of carbonyl (C=O) groups excluding carboxylic acids is 1. The Morgan fingerprint density at radius 2 is 1.82 bits per heavy atom. The summed E-state index contributed by atoms with van der Waals surface area (Å²) in [6.45, 7) is 10.6. The number of aromatic nitrogens is 4. The van der Waals surface area contributed by atoms with Gasteiger partial charge >= 0.3 is 0 Å². The number of hydrogen-bond donors (Lipinski definition) is 2. The lowest BCUT2D eigenvalue weighted by atomic mass is 9.99. The highest BCUT2D eigenvalue weighted by Crippen LogP contribution is 2.41. The fourth-order valence-corrected chi connectivity index (χ4v) is 5.12. The van der Waals surface area contributed by atoms with Crippen LogP contribution < -0.4 is 21.3 Å². The van der Waals surface area contributed by atoms with Gasteiger partial charge in [-0.2, -0.15) is 4.98 Å². The molecule has 3 aliphatic rings. The van der Waals surface area contributed by atoms with Crippen molar-refractivity contribution < 1.29 is 9.53 Å². The van der Waals surface area contributed by atoms with Crippen molar-refractivity contribution in [3.63, 3.8) is 0 Å². The smallest absolute Gasteiger partial charge is 0.242 e. The third kappa shape index (κ3) is 4.03. The van der Waals surface area contributed by atoms with Gasteiger partial charge in [-0.1, -0.05) is 0 Å². The molecule has 182 valence electrons. The molecule has 5 rings (SSSR count). The highest BCUT2D eigenvalue weighted by atomic mass is 16.5. The van der Waals surface area contributed by atoms with E-state index in [9.17, 15) is 4.79 Å². The van der Waals surface area contributed by atoms with Gasteiger partial charge in [0.05, 0.1) is 30.0 Å². The normalized spacial score (nSPS) is 22.9. The van der Waals surface area contributed by atoms with Gasteiger partial charge < -0.3 is 30.9 Å². The van der Waals surface area contributed by atoms with Gasteiger partial charge in [-0.05, 0) is 33.6 Å². The van der Waals surface area contributed by atoms with Crippen molar-refractivity contribution >= 4 is 23.6 Å². The van der Waals surface area contributed by atoms with Crippen LogP contribution in [-0.4, -0.2) is 87.8 Å². The summed E-state index contributed by atoms with van der Waals surface area (Å²) in [5.74, 6) is 1.81. The molecule has 11 heteroatoms. The van der Waals surface area contributed by atoms with E-state index in [1.165, 1.54) is 0 Å². The van der Waals surface area contributed by atoms with Crippen molar-refractivity contribution in [3.8, 4) is 11.3 Å². The predicted octanol–water partition coefficient (Wildman–Crippen LogP) is 0.443. The Morgan fingerprint density at radius 1 is 1.12 bits per heavy atom. The molecule has 2 aromatic rings. The maximum absolute atomic E-state index is 12.9. The van der Waals surface area contributed by atoms with Crippen molar-refractivity contribution in [2.24, 2.45) is 5.73 Å². The Morgan fingerprint density at radius 3 is 2.50 bits per heavy atom. The van der Waals surface area contributed by atoms with Crippen LogP contribution in [0, 0.1) is 0 Å². The van der Waals surface area contributed by atoms with E-state index in [-0.39, 0.29) is 17.4 Å². The lowest BCUT2D eigenvalue weighted by molar-refractivity contribution is -0.134. The molecular formula is C23H33N9O2. The van der Waals surface area contributed by atoms with E-state index in [2.05, 4.69) is 26.7 Å². The molecule has 0 aliphatic carbocycles. The molecule has 1 amide bonds. The molecule has 1 atom stereocenters. The zero-order valence-electron chi connectivity index (χ0n) is 20.1. The van der Waals surface area contributed by atoms with Crippen LogP contribution in [0.2, 0.25) is 0 Å². The summed E-state index contributed by atoms with van der Waals surface area (Å²) in [6.07, 6.45) is 5.10. The number of carbonyl (C=O) groups is 1. The number of nitrogens with two attached hydrogens (primary N) is 2. The van der Waals surface area contributed by atoms with Crippen LogP contribution in [0.1, 0.15) is 32.8 Å². The minimum Gasteiger partial charge on any atom is -0.378 e. The van der Waals surface area contributed by atoms with Crippen molar-refractivity contribution in [2.75, 3.05) is 61.5 Å². The fourth-order valence-electron chi connectivity index (χ4n) is 5.12. The number of hydrogen-bond acceptors (Lipinski definition) is 10. The topological polar surface area (TPSA) is 140 Å². The lowest BCUT2D eigenvalue weighted by Gasteiger charge is -2.38. The number of rotatable bonds is 4. The Hall–Kier alpha value is -3.05. The Bertz CT molecular complexity index is 1080. The van der Waals surface area contributed by atoms with E-state index in [0.717, 1.165) is 55.1 Å². The van der Waals surface area contributed by atoms with E-state index in [0.29, 0.717) is 32.3 Å². The summed E-state index contributed by atoms with van der Waals surface area (Å²) in [5.41, 5.74) is 13.5. The Kier molecular flexibility index (Phi) is 5.56. The van der Waals surface area contributed by atoms with Crippen LogP contribution in [0.4, 0.5) is 17.7 Å². The number of ether oxygens (including phenoxy) is 1. The van der Waals surface area contributed by atoms with Crippen LogP contribution >= 0.6 is 0 Å². The molecule has 5 heterocycles. The number of morpholine rings is 1. The second-order valence-electron chi connectivity index (χ2n) is 10.2. The highest BCUT2D eigenvalue weighted by molar-refractivity contribution is 5.85. The average molecular weight is 468 g/mol. The first-order chi connectivity index (χ1) is 16.2. The summed E-state index contributed by atoms with van der Waals surface area (Å²) in [4.78, 5) is 37.7. The molecule has 0 unspecified atom stereocenters. The van der Waals surface area contributed by atoms with Gasteiger partial charge in [0.2, 0.25) is 17.8 Å². The summed E-state index contributed by atoms with van der Waals surface area (Å²) in [5, 5.41) is 0. The average Bonchev–Trinajstić information content (AvgIpc) is 3.43. The largest absolute Gasteiger partial charge is 0.378 e. The molecule has 2 aromatic heterocycles. The van der Waals surface area contributed by atoms with Crippen LogP contribution in [-0.2, 0) is 16.0 Å². The number of likely N-dealkylation sites (tertiary alicyclic amines) is 1. The van der Waals surface area contributed by atoms with Gasteiger partial charge in [0.1, 0.15) is 5.82 Å². The van der Waals surface area contributed by atoms with Gasteiger partial charge in [-0.25, -0.2) is 15.0 Å². The van der Waals surface area contributed by atoms with Crippen molar-refractivity contribution in [1.29, 1.82) is 0 Å². The molecule has 0 spiro atoms. The molecule has 3 aliphatic heterocycles. The molecule has 0 bridgehead atoms. The van der Waals surface area contributed by atoms with Gasteiger partial charge in [-0.3, -0.25) is 4.79 Å². The Balaban J connectivity index is 1.53. The number of anilines is 3. The maximum Gasteiger partial charge on any atom is 0.242 e. The first-order valence-electron chi connectivity index (χ1n) is 11.8. The van der Waals surface area contributed by atoms with E-state index in [1.807, 2.05) is 4.90 Å². The SMILES string of the molecule is CC(C)(N)C(=O)N1CC[C@@](C)(N2CCc3c(-c4cnc(N)nc4)nc(N4CCOCC4)nc32)C1. The molecule has 11 nitrogen and oxygen atoms in total. The van der Waals surface area contributed by atoms with Crippen molar-refractivity contribution in [3.05, 3.63) is 18.0 Å². The zero-order valence-corrected chi connectivity index (χ0v) is 20.1. The number of nitrogens with zero attached hydrogens (tertiary/aromatic N) is 7. The number of amides is 1. The summed E-state index contributed by atoms with van der Waals surface area (Å²) < 4.78 is 5.53. The van der Waals surface area contributed by atoms with Gasteiger partial charge in [0.25, 0.3) is 0 Å². The quantitative estimate of drug-likeness (QED) is 0.651. The van der Waals surface area contributed by atoms with E-state index >= 15 is 0 Å². The minimum absolute atomic E-state index is 0.0212. The molecule has 0 aromatic carbocycles. The van der Waals surface area contributed by atoms with Gasteiger partial charge in [-0.15, -0.1) is 0 Å². The fraction of sp³-hybridized carbons (Fsp3) is 0.609. The van der Waals surface area contributed by atoms with Gasteiger partial charge in [0, 0.05) is 56.2 Å². The molecule has 0 radical (unpaired) electrons. The summed E-state index contributed by atoms with van der Waals surface area (Å²) in [6, 6.07) is 0. The monoisotopic (exact) mass is 467 g/mol. The molecule has 34 heavy (non-hydrogen) atoms. The first-order valence-corrected chi connectivity index (χ1v) is 11.8. The molecule has 2 saturated heterocycles. The number of fused-ring (bicyclic) bond motifs is 1. The lowest BCUT2D eigenvalue weighted by Crippen LogP contribution is -2.53. The molecule has 4 N–H and O–H groups in total. The second-order valence-corrected chi connectivity index (χ2v) is 10.2. The summed E-state index contributed by atoms with van der Waals surface area (Å²) in [7, 11) is 0. The maximum atomic E-state index is 12.9. The van der Waals surface area contributed by atoms with E-state index < -0.39 is 5.54 Å². The predicted molar refractivity (Wildman–Crippen MR) is 129 cm³/mol. The standard InChI is InChI=1S/C23H33N9O2/c1-22(2,25)19(33)31-7-5-23(3,14-31)32-6-4-16-17(15-12-26-20(24)27-13-15)28-21(29-18(16)32)30-8-10-34-11-9-30/h12-13H,4-11,14,25H2,1-3H3,(H2,24,26,27)/t23-/m1/s1. The second kappa shape index (κ2) is 8.31. The minimum atomic E-state index is -0.887. The summed E-state index contributed by atoms with van der Waals surface area (Å²) >= 11 is 0. The first kappa shape index (κ1) is 22.7. The van der Waals surface area contributed by atoms with Crippen LogP contribution in [0.25, 0.3) is 11.3 Å². The number of nitrogen functional groups attached to an aromatic ring is 1. The Labute approximate surface area is 199 Å². The van der Waals surface area contributed by atoms with E-state index in [4.69, 9.17) is 26.2 Å². The molecule has 2 fully saturated rings. The van der Waals surface area contributed by atoms with Crippen molar-refractivity contribution in [2.45, 2.75) is 44.7 Å². The van der Waals surface area contributed by atoms with Crippen LogP contribution in [0.3, 0.4) is 0 Å². The molecular weight excluding hydrogens is 434 g/mol. The highest BCUT2D eigenvalue weighted by Gasteiger charge is 2.46. The third-order valence-electron chi connectivity index (χ3n) is 7.00. The molecule has 0 saturated carbocycles. The van der Waals surface area contributed by atoms with Gasteiger partial charge in [0.15, 0.2) is 0 Å². The van der Waals surface area contributed by atoms with Crippen LogP contribution in [0.15, 0.2) is 12.4 Å².